The fourth-order valence-corrected chi connectivity index (χ4v) is 3.31. The third-order valence-electron chi connectivity index (χ3n) is 4.82. The van der Waals surface area contributed by atoms with Crippen molar-refractivity contribution < 1.29 is 4.79 Å². The number of urea groups is 1. The lowest BCUT2D eigenvalue weighted by molar-refractivity contribution is 0.186. The molecule has 0 aliphatic carbocycles. The van der Waals surface area contributed by atoms with Crippen LogP contribution < -0.4 is 5.32 Å². The highest BCUT2D eigenvalue weighted by Gasteiger charge is 2.21. The van der Waals surface area contributed by atoms with Crippen molar-refractivity contribution in [1.82, 2.24) is 14.9 Å². The van der Waals surface area contributed by atoms with Crippen LogP contribution in [0.15, 0.2) is 42.9 Å². The van der Waals surface area contributed by atoms with Crippen LogP contribution in [0, 0.1) is 5.92 Å². The molecular weight excluding hydrogens is 300 g/mol. The molecule has 3 aromatic rings. The summed E-state index contributed by atoms with van der Waals surface area (Å²) in [5.41, 5.74) is 1.67. The van der Waals surface area contributed by atoms with Gasteiger partial charge in [0, 0.05) is 42.5 Å². The lowest BCUT2D eigenvalue weighted by atomic mass is 9.99. The van der Waals surface area contributed by atoms with Gasteiger partial charge in [-0.15, -0.1) is 0 Å². The van der Waals surface area contributed by atoms with Gasteiger partial charge in [-0.05, 0) is 48.4 Å². The van der Waals surface area contributed by atoms with Crippen molar-refractivity contribution in [2.24, 2.45) is 5.92 Å². The Labute approximate surface area is 140 Å². The summed E-state index contributed by atoms with van der Waals surface area (Å²) in [6, 6.07) is 7.80. The van der Waals surface area contributed by atoms with E-state index in [-0.39, 0.29) is 6.03 Å². The lowest BCUT2D eigenvalue weighted by Gasteiger charge is -2.30. The number of rotatable bonds is 1. The largest absolute Gasteiger partial charge is 0.325 e. The first-order valence-electron chi connectivity index (χ1n) is 8.40. The molecule has 2 amide bonds. The van der Waals surface area contributed by atoms with Gasteiger partial charge in [0.2, 0.25) is 0 Å². The number of pyridine rings is 2. The highest BCUT2D eigenvalue weighted by atomic mass is 16.2. The second-order valence-electron chi connectivity index (χ2n) is 6.52. The van der Waals surface area contributed by atoms with Crippen molar-refractivity contribution in [3.63, 3.8) is 0 Å². The van der Waals surface area contributed by atoms with Gasteiger partial charge < -0.3 is 10.2 Å². The Bertz CT molecular complexity index is 900. The first-order valence-corrected chi connectivity index (χ1v) is 8.40. The Morgan fingerprint density at radius 3 is 2.88 bits per heavy atom. The van der Waals surface area contributed by atoms with Gasteiger partial charge in [0.15, 0.2) is 0 Å². The van der Waals surface area contributed by atoms with E-state index in [2.05, 4.69) is 22.2 Å². The van der Waals surface area contributed by atoms with Crippen molar-refractivity contribution in [3.8, 4) is 0 Å². The molecule has 0 atom stereocenters. The molecule has 3 heterocycles. The van der Waals surface area contributed by atoms with E-state index in [9.17, 15) is 4.79 Å². The highest BCUT2D eigenvalue weighted by Crippen LogP contribution is 2.30. The number of anilines is 1. The van der Waals surface area contributed by atoms with E-state index in [1.54, 1.807) is 12.4 Å². The Balaban J connectivity index is 1.71. The zero-order valence-corrected chi connectivity index (χ0v) is 13.7. The van der Waals surface area contributed by atoms with Gasteiger partial charge in [-0.25, -0.2) is 4.79 Å². The maximum atomic E-state index is 12.6. The molecule has 0 spiro atoms. The summed E-state index contributed by atoms with van der Waals surface area (Å²) in [7, 11) is 0. The van der Waals surface area contributed by atoms with Crippen LogP contribution in [-0.2, 0) is 0 Å². The molecule has 0 saturated carbocycles. The number of nitrogens with zero attached hydrogens (tertiary/aromatic N) is 3. The molecule has 122 valence electrons. The van der Waals surface area contributed by atoms with Crippen LogP contribution in [0.1, 0.15) is 19.8 Å². The molecule has 2 aromatic heterocycles. The van der Waals surface area contributed by atoms with Crippen molar-refractivity contribution in [1.29, 1.82) is 0 Å². The fraction of sp³-hybridized carbons (Fsp3) is 0.316. The zero-order chi connectivity index (χ0) is 16.5. The fourth-order valence-electron chi connectivity index (χ4n) is 3.31. The topological polar surface area (TPSA) is 58.1 Å². The summed E-state index contributed by atoms with van der Waals surface area (Å²) in [5, 5.41) is 6.05. The second-order valence-corrected chi connectivity index (χ2v) is 6.52. The number of aromatic nitrogens is 2. The summed E-state index contributed by atoms with van der Waals surface area (Å²) in [6.07, 6.45) is 7.49. The molecule has 1 aliphatic rings. The number of fused-ring (bicyclic) bond motifs is 3. The Morgan fingerprint density at radius 2 is 2.04 bits per heavy atom. The van der Waals surface area contributed by atoms with Gasteiger partial charge >= 0.3 is 6.03 Å². The number of likely N-dealkylation sites (tertiary alicyclic amines) is 1. The summed E-state index contributed by atoms with van der Waals surface area (Å²) in [6.45, 7) is 3.88. The van der Waals surface area contributed by atoms with E-state index in [4.69, 9.17) is 0 Å². The zero-order valence-electron chi connectivity index (χ0n) is 13.7. The van der Waals surface area contributed by atoms with Crippen molar-refractivity contribution >= 4 is 33.4 Å². The van der Waals surface area contributed by atoms with E-state index < -0.39 is 0 Å². The molecule has 5 heteroatoms. The number of carbonyl (C=O) groups is 1. The van der Waals surface area contributed by atoms with Crippen LogP contribution in [0.5, 0.6) is 0 Å². The predicted octanol–water partition coefficient (Wildman–Crippen LogP) is 4.05. The van der Waals surface area contributed by atoms with Gasteiger partial charge in [0.25, 0.3) is 0 Å². The van der Waals surface area contributed by atoms with E-state index in [0.717, 1.165) is 53.3 Å². The van der Waals surface area contributed by atoms with Gasteiger partial charge in [0.1, 0.15) is 0 Å². The molecule has 5 nitrogen and oxygen atoms in total. The van der Waals surface area contributed by atoms with Crippen LogP contribution in [-0.4, -0.2) is 34.0 Å². The Hall–Kier alpha value is -2.69. The van der Waals surface area contributed by atoms with E-state index in [0.29, 0.717) is 5.92 Å². The molecule has 1 saturated heterocycles. The minimum atomic E-state index is -0.0274. The number of hydrogen-bond acceptors (Lipinski definition) is 3. The summed E-state index contributed by atoms with van der Waals surface area (Å²) < 4.78 is 0. The molecular formula is C19H20N4O. The number of amides is 2. The van der Waals surface area contributed by atoms with E-state index in [1.807, 2.05) is 35.4 Å². The van der Waals surface area contributed by atoms with Gasteiger partial charge in [-0.3, -0.25) is 9.97 Å². The SMILES string of the molecule is CC1CCN(C(=O)Nc2cc3ccncc3c3ncccc23)CC1. The monoisotopic (exact) mass is 320 g/mol. The van der Waals surface area contributed by atoms with Crippen molar-refractivity contribution in [3.05, 3.63) is 42.9 Å². The Morgan fingerprint density at radius 1 is 1.21 bits per heavy atom. The van der Waals surface area contributed by atoms with Gasteiger partial charge in [0.05, 0.1) is 11.2 Å². The smallest absolute Gasteiger partial charge is 0.321 e. The van der Waals surface area contributed by atoms with Crippen LogP contribution in [0.3, 0.4) is 0 Å². The molecule has 24 heavy (non-hydrogen) atoms. The average Bonchev–Trinajstić information content (AvgIpc) is 2.62. The normalized spacial score (nSPS) is 15.8. The van der Waals surface area contributed by atoms with Crippen molar-refractivity contribution in [2.45, 2.75) is 19.8 Å². The van der Waals surface area contributed by atoms with Crippen LogP contribution in [0.4, 0.5) is 10.5 Å². The second kappa shape index (κ2) is 6.07. The average molecular weight is 320 g/mol. The first kappa shape index (κ1) is 14.9. The van der Waals surface area contributed by atoms with Crippen LogP contribution in [0.2, 0.25) is 0 Å². The Kier molecular flexibility index (Phi) is 3.76. The van der Waals surface area contributed by atoms with E-state index >= 15 is 0 Å². The third kappa shape index (κ3) is 2.66. The van der Waals surface area contributed by atoms with Crippen molar-refractivity contribution in [2.75, 3.05) is 18.4 Å². The summed E-state index contributed by atoms with van der Waals surface area (Å²) >= 11 is 0. The van der Waals surface area contributed by atoms with Crippen LogP contribution >= 0.6 is 0 Å². The standard InChI is InChI=1S/C19H20N4O/c1-13-5-9-23(10-6-13)19(24)22-17-11-14-4-8-20-12-16(14)18-15(17)3-2-7-21-18/h2-4,7-8,11-13H,5-6,9-10H2,1H3,(H,22,24). The number of benzene rings is 1. The third-order valence-corrected chi connectivity index (χ3v) is 4.82. The molecule has 0 radical (unpaired) electrons. The molecule has 0 unspecified atom stereocenters. The number of piperidine rings is 1. The minimum Gasteiger partial charge on any atom is -0.325 e. The number of nitrogens with one attached hydrogen (secondary N) is 1. The van der Waals surface area contributed by atoms with Crippen LogP contribution in [0.25, 0.3) is 21.7 Å². The first-order chi connectivity index (χ1) is 11.7. The minimum absolute atomic E-state index is 0.0274. The molecule has 1 aliphatic heterocycles. The highest BCUT2D eigenvalue weighted by molar-refractivity contribution is 6.13. The number of hydrogen-bond donors (Lipinski definition) is 1. The van der Waals surface area contributed by atoms with Gasteiger partial charge in [-0.1, -0.05) is 6.92 Å². The lowest BCUT2D eigenvalue weighted by Crippen LogP contribution is -2.40. The molecule has 1 fully saturated rings. The maximum absolute atomic E-state index is 12.6. The molecule has 1 N–H and O–H groups in total. The maximum Gasteiger partial charge on any atom is 0.321 e. The summed E-state index contributed by atoms with van der Waals surface area (Å²) in [4.78, 5) is 23.2. The quantitative estimate of drug-likeness (QED) is 0.688. The summed E-state index contributed by atoms with van der Waals surface area (Å²) in [5.74, 6) is 0.701. The predicted molar refractivity (Wildman–Crippen MR) is 96.0 cm³/mol. The molecule has 0 bridgehead atoms. The van der Waals surface area contributed by atoms with Gasteiger partial charge in [-0.2, -0.15) is 0 Å². The van der Waals surface area contributed by atoms with E-state index in [1.165, 1.54) is 0 Å². The molecule has 1 aromatic carbocycles. The molecule has 4 rings (SSSR count). The number of carbonyl (C=O) groups excluding carboxylic acids is 1.